The van der Waals surface area contributed by atoms with E-state index >= 15 is 0 Å². The Morgan fingerprint density at radius 3 is 2.88 bits per heavy atom. The molecule has 3 heteroatoms. The minimum absolute atomic E-state index is 0.107. The van der Waals surface area contributed by atoms with Crippen molar-refractivity contribution in [2.45, 2.75) is 24.7 Å². The number of carbonyl (C=O) groups is 1. The van der Waals surface area contributed by atoms with Gasteiger partial charge in [0.2, 0.25) is 0 Å². The van der Waals surface area contributed by atoms with E-state index in [9.17, 15) is 9.18 Å². The third-order valence-corrected chi connectivity index (χ3v) is 3.04. The van der Waals surface area contributed by atoms with Gasteiger partial charge in [-0.05, 0) is 19.1 Å². The van der Waals surface area contributed by atoms with Gasteiger partial charge in [-0.15, -0.1) is 23.6 Å². The standard InChI is InChI=1S/C13H13FOS/c1-2-3-4-7-11(15)10-16-13-9-6-5-8-12(13)14/h5-6,8-9H,4,7,10H2,1H3. The quantitative estimate of drug-likeness (QED) is 0.576. The molecule has 0 aliphatic rings. The first-order valence-corrected chi connectivity index (χ1v) is 6.01. The minimum Gasteiger partial charge on any atom is -0.299 e. The van der Waals surface area contributed by atoms with Gasteiger partial charge in [0.15, 0.2) is 0 Å². The molecule has 0 amide bonds. The summed E-state index contributed by atoms with van der Waals surface area (Å²) >= 11 is 1.24. The fraction of sp³-hybridized carbons (Fsp3) is 0.308. The lowest BCUT2D eigenvalue weighted by molar-refractivity contribution is -0.116. The highest BCUT2D eigenvalue weighted by atomic mass is 32.2. The Hall–Kier alpha value is -1.27. The second-order valence-corrected chi connectivity index (χ2v) is 4.20. The zero-order valence-corrected chi connectivity index (χ0v) is 9.94. The molecule has 0 N–H and O–H groups in total. The van der Waals surface area contributed by atoms with Gasteiger partial charge < -0.3 is 0 Å². The number of benzene rings is 1. The summed E-state index contributed by atoms with van der Waals surface area (Å²) in [6, 6.07) is 6.48. The van der Waals surface area contributed by atoms with Crippen molar-refractivity contribution in [2.75, 3.05) is 5.75 Å². The van der Waals surface area contributed by atoms with Gasteiger partial charge in [0.1, 0.15) is 11.6 Å². The molecule has 0 aromatic heterocycles. The van der Waals surface area contributed by atoms with Crippen LogP contribution in [0.15, 0.2) is 29.2 Å². The van der Waals surface area contributed by atoms with Crippen LogP contribution in [0.4, 0.5) is 4.39 Å². The summed E-state index contributed by atoms with van der Waals surface area (Å²) in [6.07, 6.45) is 1.04. The number of thioether (sulfide) groups is 1. The Labute approximate surface area is 99.4 Å². The summed E-state index contributed by atoms with van der Waals surface area (Å²) < 4.78 is 13.2. The predicted molar refractivity (Wildman–Crippen MR) is 64.8 cm³/mol. The minimum atomic E-state index is -0.270. The smallest absolute Gasteiger partial charge is 0.144 e. The lowest BCUT2D eigenvalue weighted by Gasteiger charge is -2.01. The van der Waals surface area contributed by atoms with Crippen molar-refractivity contribution in [2.24, 2.45) is 0 Å². The van der Waals surface area contributed by atoms with Crippen molar-refractivity contribution in [1.29, 1.82) is 0 Å². The molecule has 1 nitrogen and oxygen atoms in total. The molecule has 0 unspecified atom stereocenters. The van der Waals surface area contributed by atoms with Gasteiger partial charge in [-0.3, -0.25) is 4.79 Å². The van der Waals surface area contributed by atoms with Crippen LogP contribution in [-0.4, -0.2) is 11.5 Å². The second kappa shape index (κ2) is 7.08. The molecule has 0 atom stereocenters. The molecule has 0 bridgehead atoms. The van der Waals surface area contributed by atoms with Gasteiger partial charge in [0.05, 0.1) is 5.75 Å². The third-order valence-electron chi connectivity index (χ3n) is 1.93. The first-order valence-electron chi connectivity index (χ1n) is 5.02. The first-order chi connectivity index (χ1) is 7.74. The average molecular weight is 236 g/mol. The summed E-state index contributed by atoms with van der Waals surface area (Å²) in [7, 11) is 0. The summed E-state index contributed by atoms with van der Waals surface area (Å²) in [6.45, 7) is 1.75. The van der Waals surface area contributed by atoms with Crippen molar-refractivity contribution in [3.63, 3.8) is 0 Å². The van der Waals surface area contributed by atoms with Crippen LogP contribution in [0, 0.1) is 17.7 Å². The second-order valence-electron chi connectivity index (χ2n) is 3.18. The van der Waals surface area contributed by atoms with Crippen LogP contribution < -0.4 is 0 Å². The van der Waals surface area contributed by atoms with E-state index in [2.05, 4.69) is 11.8 Å². The highest BCUT2D eigenvalue weighted by Crippen LogP contribution is 2.21. The largest absolute Gasteiger partial charge is 0.299 e. The Morgan fingerprint density at radius 2 is 2.19 bits per heavy atom. The molecule has 0 saturated carbocycles. The molecule has 16 heavy (non-hydrogen) atoms. The highest BCUT2D eigenvalue weighted by molar-refractivity contribution is 8.00. The van der Waals surface area contributed by atoms with E-state index in [1.807, 2.05) is 0 Å². The summed E-state index contributed by atoms with van der Waals surface area (Å²) in [4.78, 5) is 11.9. The van der Waals surface area contributed by atoms with Crippen LogP contribution >= 0.6 is 11.8 Å². The fourth-order valence-electron chi connectivity index (χ4n) is 1.12. The third kappa shape index (κ3) is 4.50. The van der Waals surface area contributed by atoms with Gasteiger partial charge in [-0.25, -0.2) is 4.39 Å². The van der Waals surface area contributed by atoms with Crippen LogP contribution in [0.3, 0.4) is 0 Å². The SMILES string of the molecule is CC#CCCC(=O)CSc1ccccc1F. The maximum atomic E-state index is 13.2. The molecule has 0 fully saturated rings. The summed E-state index contributed by atoms with van der Waals surface area (Å²) in [5, 5.41) is 0. The zero-order chi connectivity index (χ0) is 11.8. The molecule has 0 radical (unpaired) electrons. The van der Waals surface area contributed by atoms with Gasteiger partial charge in [-0.2, -0.15) is 0 Å². The van der Waals surface area contributed by atoms with Crippen molar-refractivity contribution >= 4 is 17.5 Å². The number of rotatable bonds is 5. The van der Waals surface area contributed by atoms with Crippen LogP contribution in [0.25, 0.3) is 0 Å². The van der Waals surface area contributed by atoms with Gasteiger partial charge >= 0.3 is 0 Å². The average Bonchev–Trinajstić information content (AvgIpc) is 2.28. The number of carbonyl (C=O) groups excluding carboxylic acids is 1. The van der Waals surface area contributed by atoms with E-state index in [0.717, 1.165) is 0 Å². The maximum Gasteiger partial charge on any atom is 0.144 e. The monoisotopic (exact) mass is 236 g/mol. The molecule has 0 saturated heterocycles. The molecule has 0 aliphatic heterocycles. The normalized spacial score (nSPS) is 9.38. The van der Waals surface area contributed by atoms with E-state index in [4.69, 9.17) is 0 Å². The van der Waals surface area contributed by atoms with E-state index in [1.54, 1.807) is 25.1 Å². The maximum absolute atomic E-state index is 13.2. The Kier molecular flexibility index (Phi) is 5.66. The van der Waals surface area contributed by atoms with E-state index in [1.165, 1.54) is 17.8 Å². The Balaban J connectivity index is 2.36. The number of ketones is 1. The Bertz CT molecular complexity index is 417. The van der Waals surface area contributed by atoms with E-state index in [0.29, 0.717) is 23.5 Å². The highest BCUT2D eigenvalue weighted by Gasteiger charge is 2.05. The predicted octanol–water partition coefficient (Wildman–Crippen LogP) is 3.29. The zero-order valence-electron chi connectivity index (χ0n) is 9.13. The fourth-order valence-corrected chi connectivity index (χ4v) is 1.96. The molecule has 84 valence electrons. The number of Topliss-reactive ketones (excluding diaryl/α,β-unsaturated/α-hetero) is 1. The van der Waals surface area contributed by atoms with Gasteiger partial charge in [-0.1, -0.05) is 12.1 Å². The van der Waals surface area contributed by atoms with Crippen molar-refractivity contribution in [3.8, 4) is 11.8 Å². The molecule has 0 heterocycles. The molecule has 1 rings (SSSR count). The Morgan fingerprint density at radius 1 is 1.44 bits per heavy atom. The van der Waals surface area contributed by atoms with Crippen LogP contribution in [0.1, 0.15) is 19.8 Å². The summed E-state index contributed by atoms with van der Waals surface area (Å²) in [5.74, 6) is 5.72. The van der Waals surface area contributed by atoms with Gasteiger partial charge in [0, 0.05) is 17.7 Å². The van der Waals surface area contributed by atoms with Crippen molar-refractivity contribution in [1.82, 2.24) is 0 Å². The summed E-state index contributed by atoms with van der Waals surface area (Å²) in [5.41, 5.74) is 0. The lowest BCUT2D eigenvalue weighted by Crippen LogP contribution is -2.00. The van der Waals surface area contributed by atoms with E-state index in [-0.39, 0.29) is 11.6 Å². The molecular weight excluding hydrogens is 223 g/mol. The van der Waals surface area contributed by atoms with Crippen LogP contribution in [0.5, 0.6) is 0 Å². The van der Waals surface area contributed by atoms with E-state index < -0.39 is 0 Å². The lowest BCUT2D eigenvalue weighted by atomic mass is 10.2. The topological polar surface area (TPSA) is 17.1 Å². The van der Waals surface area contributed by atoms with Crippen LogP contribution in [-0.2, 0) is 4.79 Å². The molecule has 1 aromatic rings. The van der Waals surface area contributed by atoms with Gasteiger partial charge in [0.25, 0.3) is 0 Å². The number of hydrogen-bond acceptors (Lipinski definition) is 2. The molecular formula is C13H13FOS. The first kappa shape index (κ1) is 12.8. The number of hydrogen-bond donors (Lipinski definition) is 0. The molecule has 0 aliphatic carbocycles. The molecule has 0 spiro atoms. The molecule has 1 aromatic carbocycles. The van der Waals surface area contributed by atoms with Crippen molar-refractivity contribution < 1.29 is 9.18 Å². The number of halogens is 1. The van der Waals surface area contributed by atoms with Crippen molar-refractivity contribution in [3.05, 3.63) is 30.1 Å². The van der Waals surface area contributed by atoms with Crippen LogP contribution in [0.2, 0.25) is 0 Å².